The number of rotatable bonds is 9. The minimum absolute atomic E-state index is 0.234. The highest BCUT2D eigenvalue weighted by molar-refractivity contribution is 6.10. The molecule has 0 unspecified atom stereocenters. The number of carbonyl (C=O) groups is 1. The van der Waals surface area contributed by atoms with Crippen molar-refractivity contribution in [1.29, 1.82) is 0 Å². The normalized spacial score (nSPS) is 14.4. The molecule has 1 amide bonds. The van der Waals surface area contributed by atoms with Crippen LogP contribution in [0.3, 0.4) is 0 Å². The maximum absolute atomic E-state index is 13.3. The van der Waals surface area contributed by atoms with Crippen molar-refractivity contribution in [3.8, 4) is 5.75 Å². The molecule has 1 fully saturated rings. The molecule has 0 atom stereocenters. The van der Waals surface area contributed by atoms with Crippen LogP contribution >= 0.6 is 0 Å². The third kappa shape index (κ3) is 5.12. The van der Waals surface area contributed by atoms with Crippen LogP contribution < -0.4 is 15.8 Å². The number of nitrogen functional groups attached to an aromatic ring is 1. The lowest BCUT2D eigenvalue weighted by molar-refractivity contribution is 0.0370. The first kappa shape index (κ1) is 24.0. The van der Waals surface area contributed by atoms with Crippen LogP contribution in [0.1, 0.15) is 22.3 Å². The average molecular weight is 489 g/mol. The summed E-state index contributed by atoms with van der Waals surface area (Å²) >= 11 is 0. The minimum Gasteiger partial charge on any atom is -0.497 e. The Morgan fingerprint density at radius 3 is 2.50 bits per heavy atom. The summed E-state index contributed by atoms with van der Waals surface area (Å²) in [4.78, 5) is 25.4. The second kappa shape index (κ2) is 10.9. The topological polar surface area (TPSA) is 108 Å². The highest BCUT2D eigenvalue weighted by Crippen LogP contribution is 2.28. The van der Waals surface area contributed by atoms with E-state index in [9.17, 15) is 4.79 Å². The van der Waals surface area contributed by atoms with E-state index in [0.29, 0.717) is 42.1 Å². The summed E-state index contributed by atoms with van der Waals surface area (Å²) in [5.74, 6) is 0.981. The Balaban J connectivity index is 1.37. The summed E-state index contributed by atoms with van der Waals surface area (Å²) in [5.41, 5.74) is 10.8. The van der Waals surface area contributed by atoms with Crippen LogP contribution in [0.5, 0.6) is 5.75 Å². The molecule has 2 aromatic heterocycles. The van der Waals surface area contributed by atoms with Gasteiger partial charge in [-0.15, -0.1) is 0 Å². The lowest BCUT2D eigenvalue weighted by atomic mass is 10.1. The van der Waals surface area contributed by atoms with Gasteiger partial charge in [0.1, 0.15) is 22.6 Å². The molecule has 0 aliphatic carbocycles. The smallest absolute Gasteiger partial charge is 0.257 e. The number of methoxy groups -OCH3 is 1. The average Bonchev–Trinajstić information content (AvgIpc) is 3.18. The summed E-state index contributed by atoms with van der Waals surface area (Å²) in [5, 5.41) is 3.02. The summed E-state index contributed by atoms with van der Waals surface area (Å²) in [6, 6.07) is 15.5. The number of hydrogen-bond acceptors (Lipinski definition) is 7. The van der Waals surface area contributed by atoms with Gasteiger partial charge in [-0.3, -0.25) is 9.69 Å². The summed E-state index contributed by atoms with van der Waals surface area (Å²) in [6.45, 7) is 5.50. The molecule has 0 radical (unpaired) electrons. The first-order valence-corrected chi connectivity index (χ1v) is 12.4. The van der Waals surface area contributed by atoms with E-state index in [4.69, 9.17) is 25.2 Å². The van der Waals surface area contributed by atoms with E-state index in [-0.39, 0.29) is 5.91 Å². The van der Waals surface area contributed by atoms with Gasteiger partial charge in [-0.1, -0.05) is 24.3 Å². The van der Waals surface area contributed by atoms with E-state index in [1.807, 2.05) is 53.1 Å². The number of nitrogens with one attached hydrogen (secondary N) is 1. The Bertz CT molecular complexity index is 1350. The molecule has 0 saturated carbocycles. The van der Waals surface area contributed by atoms with Crippen LogP contribution in [0.4, 0.5) is 5.82 Å². The maximum atomic E-state index is 13.3. The monoisotopic (exact) mass is 488 g/mol. The number of benzene rings is 2. The quantitative estimate of drug-likeness (QED) is 0.373. The van der Waals surface area contributed by atoms with Gasteiger partial charge >= 0.3 is 0 Å². The minimum atomic E-state index is -0.234. The number of carbonyl (C=O) groups excluding carboxylic acids is 1. The fourth-order valence-electron chi connectivity index (χ4n) is 4.65. The molecule has 0 spiro atoms. The number of nitrogens with zero attached hydrogens (tertiary/aromatic N) is 4. The lowest BCUT2D eigenvalue weighted by Crippen LogP contribution is -2.37. The van der Waals surface area contributed by atoms with Crippen molar-refractivity contribution in [3.05, 3.63) is 59.7 Å². The molecule has 188 valence electrons. The van der Waals surface area contributed by atoms with Crippen molar-refractivity contribution in [2.24, 2.45) is 0 Å². The zero-order valence-electron chi connectivity index (χ0n) is 20.6. The van der Waals surface area contributed by atoms with Crippen molar-refractivity contribution in [2.45, 2.75) is 19.4 Å². The molecule has 2 aromatic carbocycles. The summed E-state index contributed by atoms with van der Waals surface area (Å²) in [6.07, 6.45) is 1.59. The van der Waals surface area contributed by atoms with Crippen LogP contribution in [0.25, 0.3) is 22.2 Å². The summed E-state index contributed by atoms with van der Waals surface area (Å²) < 4.78 is 12.6. The number of anilines is 1. The first-order valence-electron chi connectivity index (χ1n) is 12.4. The van der Waals surface area contributed by atoms with Gasteiger partial charge in [-0.25, -0.2) is 9.97 Å². The Hall–Kier alpha value is -3.69. The van der Waals surface area contributed by atoms with Crippen LogP contribution in [0.15, 0.2) is 48.5 Å². The molecule has 1 saturated heterocycles. The third-order valence-corrected chi connectivity index (χ3v) is 6.64. The molecular formula is C27H32N6O3. The van der Waals surface area contributed by atoms with Gasteiger partial charge in [-0.05, 0) is 42.7 Å². The standard InChI is InChI=1S/C27H32N6O3/c1-35-20-9-7-19(8-10-20)11-12-29-27(34)23-24-26(31-22-6-3-2-5-21(22)30-24)33(25(23)28)14-4-13-32-15-17-36-18-16-32/h2-3,5-10H,4,11-18,28H2,1H3,(H,29,34). The number of para-hydroxylation sites is 2. The van der Waals surface area contributed by atoms with E-state index in [1.165, 1.54) is 0 Å². The van der Waals surface area contributed by atoms with Crippen molar-refractivity contribution in [2.75, 3.05) is 52.2 Å². The molecule has 9 heteroatoms. The molecule has 9 nitrogen and oxygen atoms in total. The van der Waals surface area contributed by atoms with Crippen molar-refractivity contribution < 1.29 is 14.3 Å². The second-order valence-corrected chi connectivity index (χ2v) is 8.96. The number of morpholine rings is 1. The Morgan fingerprint density at radius 1 is 1.06 bits per heavy atom. The molecule has 3 N–H and O–H groups in total. The van der Waals surface area contributed by atoms with Crippen LogP contribution in [-0.4, -0.2) is 71.8 Å². The largest absolute Gasteiger partial charge is 0.497 e. The SMILES string of the molecule is COc1ccc(CCNC(=O)c2c(N)n(CCCN3CCOCC3)c3nc4ccccc4nc23)cc1. The highest BCUT2D eigenvalue weighted by Gasteiger charge is 2.24. The second-order valence-electron chi connectivity index (χ2n) is 8.96. The predicted molar refractivity (Wildman–Crippen MR) is 140 cm³/mol. The van der Waals surface area contributed by atoms with E-state index < -0.39 is 0 Å². The number of amides is 1. The first-order chi connectivity index (χ1) is 17.6. The van der Waals surface area contributed by atoms with Gasteiger partial charge in [0.2, 0.25) is 0 Å². The fraction of sp³-hybridized carbons (Fsp3) is 0.370. The van der Waals surface area contributed by atoms with Crippen LogP contribution in [0, 0.1) is 0 Å². The molecule has 3 heterocycles. The van der Waals surface area contributed by atoms with Gasteiger partial charge in [-0.2, -0.15) is 0 Å². The zero-order chi connectivity index (χ0) is 24.9. The van der Waals surface area contributed by atoms with Crippen molar-refractivity contribution >= 4 is 33.9 Å². The number of fused-ring (bicyclic) bond motifs is 2. The number of nitrogens with two attached hydrogens (primary N) is 1. The predicted octanol–water partition coefficient (Wildman–Crippen LogP) is 2.87. The zero-order valence-corrected chi connectivity index (χ0v) is 20.6. The van der Waals surface area contributed by atoms with Crippen molar-refractivity contribution in [3.63, 3.8) is 0 Å². The molecule has 1 aliphatic heterocycles. The molecule has 4 aromatic rings. The fourth-order valence-corrected chi connectivity index (χ4v) is 4.65. The molecule has 36 heavy (non-hydrogen) atoms. The van der Waals surface area contributed by atoms with Gasteiger partial charge in [0, 0.05) is 32.7 Å². The van der Waals surface area contributed by atoms with Gasteiger partial charge in [0.15, 0.2) is 5.65 Å². The molecule has 0 bridgehead atoms. The van der Waals surface area contributed by atoms with Gasteiger partial charge in [0.25, 0.3) is 5.91 Å². The van der Waals surface area contributed by atoms with E-state index in [0.717, 1.165) is 61.6 Å². The molecule has 5 rings (SSSR count). The van der Waals surface area contributed by atoms with E-state index >= 15 is 0 Å². The molecule has 1 aliphatic rings. The highest BCUT2D eigenvalue weighted by atomic mass is 16.5. The summed E-state index contributed by atoms with van der Waals surface area (Å²) in [7, 11) is 1.64. The lowest BCUT2D eigenvalue weighted by Gasteiger charge is -2.26. The van der Waals surface area contributed by atoms with Crippen LogP contribution in [0.2, 0.25) is 0 Å². The number of aromatic nitrogens is 3. The Kier molecular flexibility index (Phi) is 7.29. The Labute approximate surface area is 210 Å². The number of aryl methyl sites for hydroxylation is 1. The number of hydrogen-bond donors (Lipinski definition) is 2. The van der Waals surface area contributed by atoms with E-state index in [2.05, 4.69) is 10.2 Å². The maximum Gasteiger partial charge on any atom is 0.257 e. The number of ether oxygens (including phenoxy) is 2. The van der Waals surface area contributed by atoms with Gasteiger partial charge in [0.05, 0.1) is 31.4 Å². The van der Waals surface area contributed by atoms with E-state index in [1.54, 1.807) is 7.11 Å². The Morgan fingerprint density at radius 2 is 1.78 bits per heavy atom. The molecular weight excluding hydrogens is 456 g/mol. The third-order valence-electron chi connectivity index (χ3n) is 6.64. The van der Waals surface area contributed by atoms with Crippen molar-refractivity contribution in [1.82, 2.24) is 24.8 Å². The van der Waals surface area contributed by atoms with Gasteiger partial charge < -0.3 is 25.1 Å². The van der Waals surface area contributed by atoms with Crippen LogP contribution in [-0.2, 0) is 17.7 Å².